The van der Waals surface area contributed by atoms with Crippen LogP contribution in [0.2, 0.25) is 0 Å². The van der Waals surface area contributed by atoms with E-state index in [1.54, 1.807) is 39.3 Å². The number of ether oxygens (including phenoxy) is 3. The zero-order valence-corrected chi connectivity index (χ0v) is 22.1. The van der Waals surface area contributed by atoms with Crippen molar-refractivity contribution in [1.82, 2.24) is 20.2 Å². The number of aromatic nitrogens is 4. The lowest BCUT2D eigenvalue weighted by molar-refractivity contribution is -0.119. The van der Waals surface area contributed by atoms with Crippen molar-refractivity contribution in [3.05, 3.63) is 77.3 Å². The van der Waals surface area contributed by atoms with Gasteiger partial charge in [-0.1, -0.05) is 11.3 Å². The topological polar surface area (TPSA) is 125 Å². The van der Waals surface area contributed by atoms with Gasteiger partial charge in [0.1, 0.15) is 16.5 Å². The van der Waals surface area contributed by atoms with Gasteiger partial charge >= 0.3 is 5.97 Å². The van der Waals surface area contributed by atoms with Gasteiger partial charge < -0.3 is 14.2 Å². The standard InChI is InChI=1S/C28H23N5O5S/c1-16-32-33-28(39-16)31-24(34)15-38-27(35)19-8-13-22-23(14-19)30-26(18-6-11-21(37-3)12-7-18)25(29-22)17-4-9-20(36-2)10-5-17/h4-14H,15H2,1-3H3,(H,31,33,34). The summed E-state index contributed by atoms with van der Waals surface area (Å²) >= 11 is 1.23. The Kier molecular flexibility index (Phi) is 7.41. The molecule has 0 bridgehead atoms. The average Bonchev–Trinajstić information content (AvgIpc) is 3.39. The zero-order chi connectivity index (χ0) is 27.4. The van der Waals surface area contributed by atoms with E-state index < -0.39 is 18.5 Å². The summed E-state index contributed by atoms with van der Waals surface area (Å²) in [5.41, 5.74) is 4.33. The predicted octanol–water partition coefficient (Wildman–Crippen LogP) is 4.94. The lowest BCUT2D eigenvalue weighted by Gasteiger charge is -2.12. The summed E-state index contributed by atoms with van der Waals surface area (Å²) < 4.78 is 15.8. The average molecular weight is 542 g/mol. The van der Waals surface area contributed by atoms with Gasteiger partial charge in [-0.15, -0.1) is 10.2 Å². The summed E-state index contributed by atoms with van der Waals surface area (Å²) in [6.07, 6.45) is 0. The summed E-state index contributed by atoms with van der Waals surface area (Å²) in [4.78, 5) is 34.6. The van der Waals surface area contributed by atoms with Gasteiger partial charge in [-0.05, 0) is 73.7 Å². The first kappa shape index (κ1) is 25.7. The van der Waals surface area contributed by atoms with E-state index in [4.69, 9.17) is 24.2 Å². The van der Waals surface area contributed by atoms with Gasteiger partial charge in [0.25, 0.3) is 5.91 Å². The van der Waals surface area contributed by atoms with Crippen molar-refractivity contribution in [2.24, 2.45) is 0 Å². The minimum absolute atomic E-state index is 0.245. The molecule has 2 heterocycles. The highest BCUT2D eigenvalue weighted by Gasteiger charge is 2.17. The third kappa shape index (κ3) is 5.83. The fourth-order valence-corrected chi connectivity index (χ4v) is 4.41. The summed E-state index contributed by atoms with van der Waals surface area (Å²) in [5.74, 6) is 0.279. The molecule has 0 saturated carbocycles. The van der Waals surface area contributed by atoms with Gasteiger partial charge in [0.15, 0.2) is 6.61 Å². The third-order valence-electron chi connectivity index (χ3n) is 5.73. The Balaban J connectivity index is 1.45. The van der Waals surface area contributed by atoms with Gasteiger partial charge in [0.05, 0.1) is 42.2 Å². The number of hydrogen-bond acceptors (Lipinski definition) is 10. The molecular formula is C28H23N5O5S. The van der Waals surface area contributed by atoms with Crippen molar-refractivity contribution in [2.45, 2.75) is 6.92 Å². The second-order valence-corrected chi connectivity index (χ2v) is 9.51. The molecule has 0 atom stereocenters. The molecule has 10 nitrogen and oxygen atoms in total. The molecule has 5 aromatic rings. The maximum Gasteiger partial charge on any atom is 0.338 e. The van der Waals surface area contributed by atoms with Crippen molar-refractivity contribution in [1.29, 1.82) is 0 Å². The lowest BCUT2D eigenvalue weighted by Crippen LogP contribution is -2.20. The molecule has 0 aliphatic heterocycles. The Bertz CT molecular complexity index is 1650. The molecule has 196 valence electrons. The number of nitrogens with zero attached hydrogens (tertiary/aromatic N) is 4. The molecule has 0 fully saturated rings. The van der Waals surface area contributed by atoms with Gasteiger partial charge in [-0.3, -0.25) is 10.1 Å². The van der Waals surface area contributed by atoms with Crippen LogP contribution in [0.5, 0.6) is 11.5 Å². The van der Waals surface area contributed by atoms with E-state index in [0.717, 1.165) is 16.9 Å². The van der Waals surface area contributed by atoms with Crippen LogP contribution in [-0.2, 0) is 9.53 Å². The number of carbonyl (C=O) groups is 2. The highest BCUT2D eigenvalue weighted by Crippen LogP contribution is 2.33. The molecule has 0 unspecified atom stereocenters. The van der Waals surface area contributed by atoms with E-state index >= 15 is 0 Å². The Labute approximate surface area is 227 Å². The van der Waals surface area contributed by atoms with Crippen LogP contribution >= 0.6 is 11.3 Å². The highest BCUT2D eigenvalue weighted by molar-refractivity contribution is 7.15. The predicted molar refractivity (Wildman–Crippen MR) is 147 cm³/mol. The van der Waals surface area contributed by atoms with Crippen LogP contribution in [0.25, 0.3) is 33.5 Å². The SMILES string of the molecule is COc1ccc(-c2nc3ccc(C(=O)OCC(=O)Nc4nnc(C)s4)cc3nc2-c2ccc(OC)cc2)cc1. The first-order valence-electron chi connectivity index (χ1n) is 11.8. The monoisotopic (exact) mass is 541 g/mol. The molecule has 39 heavy (non-hydrogen) atoms. The Morgan fingerprint density at radius 1 is 0.795 bits per heavy atom. The molecule has 0 aliphatic rings. The molecule has 5 rings (SSSR count). The second kappa shape index (κ2) is 11.2. The fourth-order valence-electron chi connectivity index (χ4n) is 3.80. The number of amides is 1. The van der Waals surface area contributed by atoms with Crippen LogP contribution in [0.3, 0.4) is 0 Å². The number of nitrogens with one attached hydrogen (secondary N) is 1. The molecular weight excluding hydrogens is 518 g/mol. The van der Waals surface area contributed by atoms with Crippen LogP contribution in [0.1, 0.15) is 15.4 Å². The number of esters is 1. The maximum atomic E-state index is 12.7. The van der Waals surface area contributed by atoms with Crippen molar-refractivity contribution in [3.63, 3.8) is 0 Å². The van der Waals surface area contributed by atoms with Gasteiger partial charge in [0.2, 0.25) is 5.13 Å². The van der Waals surface area contributed by atoms with E-state index in [1.807, 2.05) is 48.5 Å². The van der Waals surface area contributed by atoms with Crippen molar-refractivity contribution in [2.75, 3.05) is 26.1 Å². The van der Waals surface area contributed by atoms with E-state index in [0.29, 0.717) is 38.3 Å². The van der Waals surface area contributed by atoms with E-state index in [-0.39, 0.29) is 5.56 Å². The summed E-state index contributed by atoms with van der Waals surface area (Å²) in [6, 6.07) is 20.0. The minimum Gasteiger partial charge on any atom is -0.497 e. The second-order valence-electron chi connectivity index (χ2n) is 8.33. The van der Waals surface area contributed by atoms with Crippen molar-refractivity contribution in [3.8, 4) is 34.0 Å². The number of anilines is 1. The Morgan fingerprint density at radius 3 is 1.92 bits per heavy atom. The molecule has 0 radical (unpaired) electrons. The van der Waals surface area contributed by atoms with Gasteiger partial charge in [-0.2, -0.15) is 0 Å². The van der Waals surface area contributed by atoms with Gasteiger partial charge in [0, 0.05) is 11.1 Å². The smallest absolute Gasteiger partial charge is 0.338 e. The molecule has 1 amide bonds. The maximum absolute atomic E-state index is 12.7. The number of fused-ring (bicyclic) bond motifs is 1. The molecule has 0 spiro atoms. The molecule has 0 saturated heterocycles. The van der Waals surface area contributed by atoms with E-state index in [9.17, 15) is 9.59 Å². The van der Waals surface area contributed by atoms with E-state index in [1.165, 1.54) is 11.3 Å². The Hall–Kier alpha value is -4.90. The van der Waals surface area contributed by atoms with Crippen molar-refractivity contribution >= 4 is 39.4 Å². The molecule has 11 heteroatoms. The molecule has 2 aromatic heterocycles. The summed E-state index contributed by atoms with van der Waals surface area (Å²) in [5, 5.41) is 11.3. The number of benzene rings is 3. The van der Waals surface area contributed by atoms with Crippen molar-refractivity contribution < 1.29 is 23.8 Å². The van der Waals surface area contributed by atoms with Gasteiger partial charge in [-0.25, -0.2) is 14.8 Å². The number of rotatable bonds is 8. The normalized spacial score (nSPS) is 10.7. The first-order valence-corrected chi connectivity index (χ1v) is 12.6. The number of aryl methyl sites for hydroxylation is 1. The molecule has 3 aromatic carbocycles. The quantitative estimate of drug-likeness (QED) is 0.272. The largest absolute Gasteiger partial charge is 0.497 e. The number of hydrogen-bond donors (Lipinski definition) is 1. The summed E-state index contributed by atoms with van der Waals surface area (Å²) in [6.45, 7) is 1.31. The van der Waals surface area contributed by atoms with Crippen LogP contribution in [0, 0.1) is 6.92 Å². The van der Waals surface area contributed by atoms with E-state index in [2.05, 4.69) is 15.5 Å². The number of methoxy groups -OCH3 is 2. The van der Waals surface area contributed by atoms with Crippen LogP contribution in [0.15, 0.2) is 66.7 Å². The van der Waals surface area contributed by atoms with Crippen LogP contribution < -0.4 is 14.8 Å². The molecule has 1 N–H and O–H groups in total. The number of carbonyl (C=O) groups excluding carboxylic acids is 2. The Morgan fingerprint density at radius 2 is 1.38 bits per heavy atom. The first-order chi connectivity index (χ1) is 18.9. The highest BCUT2D eigenvalue weighted by atomic mass is 32.1. The van der Waals surface area contributed by atoms with Crippen LogP contribution in [0.4, 0.5) is 5.13 Å². The van der Waals surface area contributed by atoms with Crippen LogP contribution in [-0.4, -0.2) is 52.9 Å². The minimum atomic E-state index is -0.660. The fraction of sp³-hybridized carbons (Fsp3) is 0.143. The summed E-state index contributed by atoms with van der Waals surface area (Å²) in [7, 11) is 3.22. The molecule has 0 aliphatic carbocycles. The third-order valence-corrected chi connectivity index (χ3v) is 6.49. The zero-order valence-electron chi connectivity index (χ0n) is 21.3. The lowest BCUT2D eigenvalue weighted by atomic mass is 10.0.